The predicted octanol–water partition coefficient (Wildman–Crippen LogP) is 22.5. The predicted molar refractivity (Wildman–Crippen MR) is 372 cm³/mol. The Labute approximate surface area is 515 Å². The van der Waals surface area contributed by atoms with Gasteiger partial charge in [-0.2, -0.15) is 0 Å². The molecular weight excluding hydrogens is 1060 g/mol. The molecule has 0 aliphatic heterocycles. The van der Waals surface area contributed by atoms with Crippen LogP contribution in [0.15, 0.2) is 255 Å². The maximum atomic E-state index is 5.45. The van der Waals surface area contributed by atoms with E-state index in [9.17, 15) is 0 Å². The third kappa shape index (κ3) is 9.50. The Morgan fingerprint density at radius 1 is 0.227 bits per heavy atom. The fourth-order valence-corrected chi connectivity index (χ4v) is 13.9. The summed E-state index contributed by atoms with van der Waals surface area (Å²) < 4.78 is 5.01. The second-order valence-electron chi connectivity index (χ2n) is 24.3. The Hall–Kier alpha value is -10.7. The first-order chi connectivity index (χ1) is 42.9. The second kappa shape index (κ2) is 21.7. The fourth-order valence-electron chi connectivity index (χ4n) is 13.9. The largest absolute Gasteiger partial charge is 0.309 e. The summed E-state index contributed by atoms with van der Waals surface area (Å²) in [4.78, 5) is 10.9. The monoisotopic (exact) mass is 1130 g/mol. The molecule has 0 saturated carbocycles. The van der Waals surface area contributed by atoms with Crippen LogP contribution in [0.3, 0.4) is 0 Å². The summed E-state index contributed by atoms with van der Waals surface area (Å²) in [5.74, 6) is 0.652. The van der Waals surface area contributed by atoms with Crippen LogP contribution in [0, 0.1) is 55.4 Å². The summed E-state index contributed by atoms with van der Waals surface area (Å²) in [7, 11) is 0. The van der Waals surface area contributed by atoms with Gasteiger partial charge in [-0.15, -0.1) is 0 Å². The van der Waals surface area contributed by atoms with Crippen LogP contribution in [0.1, 0.15) is 44.5 Å². The van der Waals surface area contributed by atoms with E-state index in [4.69, 9.17) is 9.97 Å². The van der Waals surface area contributed by atoms with Gasteiger partial charge in [0.2, 0.25) is 0 Å². The number of para-hydroxylation sites is 1. The van der Waals surface area contributed by atoms with Gasteiger partial charge < -0.3 is 9.13 Å². The van der Waals surface area contributed by atoms with E-state index in [2.05, 4.69) is 319 Å². The number of benzene rings is 12. The molecule has 0 bridgehead atoms. The lowest BCUT2D eigenvalue weighted by Crippen LogP contribution is -2.03. The van der Waals surface area contributed by atoms with Gasteiger partial charge in [-0.05, 0) is 201 Å². The lowest BCUT2D eigenvalue weighted by molar-refractivity contribution is 1.15. The van der Waals surface area contributed by atoms with E-state index >= 15 is 0 Å². The van der Waals surface area contributed by atoms with Crippen LogP contribution in [0.25, 0.3) is 145 Å². The molecular formula is C84H66N4. The molecule has 15 rings (SSSR count). The van der Waals surface area contributed by atoms with E-state index in [1.54, 1.807) is 0 Å². The molecule has 0 aliphatic rings. The zero-order valence-electron chi connectivity index (χ0n) is 51.0. The Kier molecular flexibility index (Phi) is 13.3. The molecule has 0 radical (unpaired) electrons. The topological polar surface area (TPSA) is 35.6 Å². The zero-order chi connectivity index (χ0) is 59.9. The minimum absolute atomic E-state index is 0.652. The molecule has 4 heteroatoms. The van der Waals surface area contributed by atoms with Gasteiger partial charge in [-0.1, -0.05) is 198 Å². The van der Waals surface area contributed by atoms with Gasteiger partial charge in [0, 0.05) is 49.4 Å². The highest BCUT2D eigenvalue weighted by atomic mass is 15.0. The average Bonchev–Trinajstić information content (AvgIpc) is 1.61. The van der Waals surface area contributed by atoms with Gasteiger partial charge in [0.05, 0.1) is 44.8 Å². The Morgan fingerprint density at radius 2 is 0.557 bits per heavy atom. The third-order valence-corrected chi connectivity index (χ3v) is 18.1. The molecule has 0 fully saturated rings. The summed E-state index contributed by atoms with van der Waals surface area (Å²) >= 11 is 0. The minimum Gasteiger partial charge on any atom is -0.309 e. The number of hydrogen-bond acceptors (Lipinski definition) is 2. The van der Waals surface area contributed by atoms with Gasteiger partial charge in [-0.3, -0.25) is 0 Å². The van der Waals surface area contributed by atoms with E-state index in [1.165, 1.54) is 111 Å². The van der Waals surface area contributed by atoms with Crippen molar-refractivity contribution in [2.45, 2.75) is 55.4 Å². The van der Waals surface area contributed by atoms with Gasteiger partial charge in [0.15, 0.2) is 5.82 Å². The highest BCUT2D eigenvalue weighted by molar-refractivity contribution is 6.14. The minimum atomic E-state index is 0.652. The average molecular weight is 1130 g/mol. The fraction of sp³-hybridized carbons (Fsp3) is 0.0952. The van der Waals surface area contributed by atoms with Crippen LogP contribution in [-0.4, -0.2) is 19.1 Å². The molecule has 4 nitrogen and oxygen atoms in total. The number of hydrogen-bond donors (Lipinski definition) is 0. The van der Waals surface area contributed by atoms with Crippen molar-refractivity contribution < 1.29 is 0 Å². The smallest absolute Gasteiger partial charge is 0.160 e. The highest BCUT2D eigenvalue weighted by Gasteiger charge is 2.24. The molecule has 12 aromatic carbocycles. The van der Waals surface area contributed by atoms with Gasteiger partial charge in [-0.25, -0.2) is 9.97 Å². The van der Waals surface area contributed by atoms with Crippen LogP contribution in [-0.2, 0) is 0 Å². The number of fused-ring (bicyclic) bond motifs is 6. The molecule has 0 N–H and O–H groups in total. The number of nitrogens with zero attached hydrogens (tertiary/aromatic N) is 4. The SMILES string of the molecule is Cc1ccc(-c2ccc3c(c2)c2cc(-c4ccc(C)cc4C)ccc2n3-c2ccccc2-c2cc(-c3nc(-c4ccccc4)cc(-c4ccccc4)n3)ccc2-n2c3ccc(-c4ccc(C)cc4C)cc3c3cc(-c4ccc(C)cc4C)ccc32)c(C)c1. The summed E-state index contributed by atoms with van der Waals surface area (Å²) in [5.41, 5.74) is 33.3. The Morgan fingerprint density at radius 3 is 0.920 bits per heavy atom. The van der Waals surface area contributed by atoms with Crippen molar-refractivity contribution in [2.75, 3.05) is 0 Å². The van der Waals surface area contributed by atoms with Crippen LogP contribution in [0.5, 0.6) is 0 Å². The molecule has 0 unspecified atom stereocenters. The molecule has 88 heavy (non-hydrogen) atoms. The van der Waals surface area contributed by atoms with Crippen molar-refractivity contribution in [2.24, 2.45) is 0 Å². The van der Waals surface area contributed by atoms with Gasteiger partial charge in [0.1, 0.15) is 0 Å². The van der Waals surface area contributed by atoms with Crippen molar-refractivity contribution in [1.82, 2.24) is 19.1 Å². The van der Waals surface area contributed by atoms with Crippen molar-refractivity contribution in [3.63, 3.8) is 0 Å². The van der Waals surface area contributed by atoms with Crippen LogP contribution >= 0.6 is 0 Å². The first kappa shape index (κ1) is 54.0. The quantitative estimate of drug-likeness (QED) is 0.137. The molecule has 0 atom stereocenters. The first-order valence-corrected chi connectivity index (χ1v) is 30.6. The second-order valence-corrected chi connectivity index (χ2v) is 24.3. The number of rotatable bonds is 10. The molecule has 3 aromatic heterocycles. The van der Waals surface area contributed by atoms with Gasteiger partial charge in [0.25, 0.3) is 0 Å². The molecule has 0 spiro atoms. The summed E-state index contributed by atoms with van der Waals surface area (Å²) in [6.07, 6.45) is 0. The Balaban J connectivity index is 1.02. The number of aryl methyl sites for hydroxylation is 8. The first-order valence-electron chi connectivity index (χ1n) is 30.6. The van der Waals surface area contributed by atoms with E-state index in [-0.39, 0.29) is 0 Å². The van der Waals surface area contributed by atoms with E-state index in [1.807, 2.05) is 0 Å². The van der Waals surface area contributed by atoms with Crippen LogP contribution < -0.4 is 0 Å². The van der Waals surface area contributed by atoms with Crippen LogP contribution in [0.4, 0.5) is 0 Å². The third-order valence-electron chi connectivity index (χ3n) is 18.1. The summed E-state index contributed by atoms with van der Waals surface area (Å²) in [5, 5.41) is 4.78. The number of aromatic nitrogens is 4. The van der Waals surface area contributed by atoms with Crippen molar-refractivity contribution in [3.8, 4) is 101 Å². The molecule has 0 saturated heterocycles. The molecule has 3 heterocycles. The van der Waals surface area contributed by atoms with Crippen LogP contribution in [0.2, 0.25) is 0 Å². The zero-order valence-corrected chi connectivity index (χ0v) is 51.0. The summed E-state index contributed by atoms with van der Waals surface area (Å²) in [6, 6.07) is 94.5. The normalized spacial score (nSPS) is 11.6. The highest BCUT2D eigenvalue weighted by Crippen LogP contribution is 2.46. The van der Waals surface area contributed by atoms with Gasteiger partial charge >= 0.3 is 0 Å². The lowest BCUT2D eigenvalue weighted by atomic mass is 9.95. The molecule has 0 aliphatic carbocycles. The van der Waals surface area contributed by atoms with Crippen molar-refractivity contribution in [1.29, 1.82) is 0 Å². The standard InChI is InChI=1S/C84H66N4/c1-51-23-32-66(55(5)41-51)61-27-36-80-72(45-61)73-46-62(67-33-24-52(2)42-56(67)6)28-37-81(73)87(80)78-22-16-15-21-70(78)71-49-65(84-85-76(59-17-11-9-12-18-59)50-77(86-84)60-19-13-10-14-20-60)31-40-79(71)88-82-38-29-63(68-34-25-53(3)43-57(68)7)47-74(82)75-48-64(30-39-83(75)88)69-35-26-54(4)44-58(69)8/h9-50H,1-8H3. The maximum absolute atomic E-state index is 5.45. The van der Waals surface area contributed by atoms with Crippen molar-refractivity contribution in [3.05, 3.63) is 299 Å². The van der Waals surface area contributed by atoms with E-state index in [0.717, 1.165) is 72.6 Å². The van der Waals surface area contributed by atoms with Crippen molar-refractivity contribution >= 4 is 43.6 Å². The molecule has 0 amide bonds. The molecule has 422 valence electrons. The lowest BCUT2D eigenvalue weighted by Gasteiger charge is -2.20. The molecule has 15 aromatic rings. The van der Waals surface area contributed by atoms with E-state index in [0.29, 0.717) is 5.82 Å². The maximum Gasteiger partial charge on any atom is 0.160 e. The summed E-state index contributed by atoms with van der Waals surface area (Å²) in [6.45, 7) is 17.6. The van der Waals surface area contributed by atoms with E-state index < -0.39 is 0 Å². The Bertz CT molecular complexity index is 5010.